The molecule has 1 aliphatic carbocycles. The van der Waals surface area contributed by atoms with Gasteiger partial charge in [0.1, 0.15) is 11.3 Å². The number of fused-ring (bicyclic) bond motifs is 1. The first-order chi connectivity index (χ1) is 11.2. The summed E-state index contributed by atoms with van der Waals surface area (Å²) < 4.78 is 11.4. The van der Waals surface area contributed by atoms with Crippen LogP contribution in [-0.4, -0.2) is 30.8 Å². The first-order valence-electron chi connectivity index (χ1n) is 8.57. The number of nitrogens with one attached hydrogen (secondary N) is 1. The maximum Gasteiger partial charge on any atom is 0.145 e. The van der Waals surface area contributed by atoms with Gasteiger partial charge in [0.25, 0.3) is 0 Å². The van der Waals surface area contributed by atoms with Gasteiger partial charge in [-0.25, -0.2) is 4.98 Å². The van der Waals surface area contributed by atoms with E-state index in [2.05, 4.69) is 22.4 Å². The van der Waals surface area contributed by atoms with Crippen molar-refractivity contribution in [2.45, 2.75) is 44.8 Å². The number of hydrogen-bond donors (Lipinski definition) is 1. The number of anilines is 1. The lowest BCUT2D eigenvalue weighted by molar-refractivity contribution is -0.00217. The van der Waals surface area contributed by atoms with Gasteiger partial charge < -0.3 is 14.8 Å². The van der Waals surface area contributed by atoms with Crippen molar-refractivity contribution >= 4 is 16.6 Å². The third kappa shape index (κ3) is 3.00. The molecule has 0 radical (unpaired) electrons. The SMILES string of the molecule is COc1cccc2c(NC3CCOC(C4CC4)C3)cc(C)nc12. The van der Waals surface area contributed by atoms with Crippen LogP contribution in [0.3, 0.4) is 0 Å². The summed E-state index contributed by atoms with van der Waals surface area (Å²) in [5.74, 6) is 1.63. The molecule has 122 valence electrons. The summed E-state index contributed by atoms with van der Waals surface area (Å²) in [5, 5.41) is 4.88. The van der Waals surface area contributed by atoms with Crippen molar-refractivity contribution in [1.82, 2.24) is 4.98 Å². The zero-order chi connectivity index (χ0) is 15.8. The summed E-state index contributed by atoms with van der Waals surface area (Å²) in [5.41, 5.74) is 3.10. The number of aryl methyl sites for hydroxylation is 1. The van der Waals surface area contributed by atoms with Gasteiger partial charge in [-0.15, -0.1) is 0 Å². The lowest BCUT2D eigenvalue weighted by Gasteiger charge is -2.31. The number of methoxy groups -OCH3 is 1. The summed E-state index contributed by atoms with van der Waals surface area (Å²) in [4.78, 5) is 4.66. The van der Waals surface area contributed by atoms with Gasteiger partial charge in [-0.3, -0.25) is 0 Å². The lowest BCUT2D eigenvalue weighted by Crippen LogP contribution is -2.35. The Labute approximate surface area is 137 Å². The Hall–Kier alpha value is -1.81. The van der Waals surface area contributed by atoms with Gasteiger partial charge in [0.15, 0.2) is 0 Å². The Morgan fingerprint density at radius 2 is 2.13 bits per heavy atom. The molecule has 2 aromatic rings. The third-order valence-corrected chi connectivity index (χ3v) is 4.97. The maximum atomic E-state index is 5.95. The van der Waals surface area contributed by atoms with Crippen LogP contribution in [0.15, 0.2) is 24.3 Å². The van der Waals surface area contributed by atoms with Crippen LogP contribution < -0.4 is 10.1 Å². The standard InChI is InChI=1S/C19H24N2O2/c1-12-10-16(15-4-3-5-17(22-2)19(15)20-12)21-14-8-9-23-18(11-14)13-6-7-13/h3-5,10,13-14,18H,6-9,11H2,1-2H3,(H,20,21). The number of rotatable bonds is 4. The Bertz CT molecular complexity index is 712. The number of hydrogen-bond acceptors (Lipinski definition) is 4. The fraction of sp³-hybridized carbons (Fsp3) is 0.526. The molecule has 2 fully saturated rings. The Kier molecular flexibility index (Phi) is 3.85. The molecule has 1 aromatic carbocycles. The molecule has 2 aliphatic rings. The fourth-order valence-corrected chi connectivity index (χ4v) is 3.61. The molecular formula is C19H24N2O2. The number of benzene rings is 1. The molecule has 2 unspecified atom stereocenters. The number of ether oxygens (including phenoxy) is 2. The molecule has 1 saturated heterocycles. The topological polar surface area (TPSA) is 43.4 Å². The zero-order valence-corrected chi connectivity index (χ0v) is 13.8. The Morgan fingerprint density at radius 3 is 2.91 bits per heavy atom. The highest BCUT2D eigenvalue weighted by Crippen LogP contribution is 2.39. The van der Waals surface area contributed by atoms with Gasteiger partial charge in [0.05, 0.1) is 13.2 Å². The predicted octanol–water partition coefficient (Wildman–Crippen LogP) is 3.92. The molecule has 0 spiro atoms. The minimum atomic E-state index is 0.449. The number of nitrogens with zero attached hydrogens (tertiary/aromatic N) is 1. The number of para-hydroxylation sites is 1. The second-order valence-electron chi connectivity index (χ2n) is 6.78. The summed E-state index contributed by atoms with van der Waals surface area (Å²) in [6.45, 7) is 2.90. The molecule has 1 N–H and O–H groups in total. The van der Waals surface area contributed by atoms with Gasteiger partial charge in [0, 0.05) is 29.4 Å². The van der Waals surface area contributed by atoms with Gasteiger partial charge >= 0.3 is 0 Å². The van der Waals surface area contributed by atoms with Crippen LogP contribution in [0.4, 0.5) is 5.69 Å². The molecule has 2 atom stereocenters. The second kappa shape index (κ2) is 6.00. The van der Waals surface area contributed by atoms with E-state index >= 15 is 0 Å². The fourth-order valence-electron chi connectivity index (χ4n) is 3.61. The molecule has 0 amide bonds. The van der Waals surface area contributed by atoms with E-state index in [4.69, 9.17) is 9.47 Å². The van der Waals surface area contributed by atoms with Crippen molar-refractivity contribution in [3.63, 3.8) is 0 Å². The van der Waals surface area contributed by atoms with Gasteiger partial charge in [-0.1, -0.05) is 12.1 Å². The van der Waals surface area contributed by atoms with Crippen molar-refractivity contribution in [2.24, 2.45) is 5.92 Å². The average molecular weight is 312 g/mol. The minimum absolute atomic E-state index is 0.449. The van der Waals surface area contributed by atoms with E-state index in [9.17, 15) is 0 Å². The van der Waals surface area contributed by atoms with Crippen molar-refractivity contribution in [2.75, 3.05) is 19.0 Å². The van der Waals surface area contributed by atoms with E-state index in [1.165, 1.54) is 12.8 Å². The molecule has 4 heteroatoms. The summed E-state index contributed by atoms with van der Waals surface area (Å²) in [7, 11) is 1.70. The van der Waals surface area contributed by atoms with E-state index in [1.807, 2.05) is 19.1 Å². The largest absolute Gasteiger partial charge is 0.494 e. The van der Waals surface area contributed by atoms with Crippen LogP contribution in [0.25, 0.3) is 10.9 Å². The van der Waals surface area contributed by atoms with E-state index in [-0.39, 0.29) is 0 Å². The smallest absolute Gasteiger partial charge is 0.145 e. The van der Waals surface area contributed by atoms with Gasteiger partial charge in [0.2, 0.25) is 0 Å². The highest BCUT2D eigenvalue weighted by molar-refractivity contribution is 5.95. The highest BCUT2D eigenvalue weighted by atomic mass is 16.5. The molecule has 0 bridgehead atoms. The predicted molar refractivity (Wildman–Crippen MR) is 92.1 cm³/mol. The molecule has 4 rings (SSSR count). The molecular weight excluding hydrogens is 288 g/mol. The first-order valence-corrected chi connectivity index (χ1v) is 8.57. The van der Waals surface area contributed by atoms with Crippen LogP contribution in [0.2, 0.25) is 0 Å². The van der Waals surface area contributed by atoms with E-state index in [1.54, 1.807) is 7.11 Å². The summed E-state index contributed by atoms with van der Waals surface area (Å²) >= 11 is 0. The van der Waals surface area contributed by atoms with Crippen molar-refractivity contribution < 1.29 is 9.47 Å². The summed E-state index contributed by atoms with van der Waals surface area (Å²) in [6, 6.07) is 8.73. The zero-order valence-electron chi connectivity index (χ0n) is 13.8. The Morgan fingerprint density at radius 1 is 1.26 bits per heavy atom. The van der Waals surface area contributed by atoms with Crippen LogP contribution in [0.5, 0.6) is 5.75 Å². The maximum absolute atomic E-state index is 5.95. The molecule has 23 heavy (non-hydrogen) atoms. The summed E-state index contributed by atoms with van der Waals surface area (Å²) in [6.07, 6.45) is 5.30. The van der Waals surface area contributed by atoms with Crippen molar-refractivity contribution in [3.8, 4) is 5.75 Å². The average Bonchev–Trinajstić information content (AvgIpc) is 3.39. The molecule has 2 heterocycles. The molecule has 1 saturated carbocycles. The second-order valence-corrected chi connectivity index (χ2v) is 6.78. The van der Waals surface area contributed by atoms with Crippen LogP contribution in [0.1, 0.15) is 31.4 Å². The highest BCUT2D eigenvalue weighted by Gasteiger charge is 2.35. The minimum Gasteiger partial charge on any atom is -0.494 e. The van der Waals surface area contributed by atoms with Crippen molar-refractivity contribution in [1.29, 1.82) is 0 Å². The Balaban J connectivity index is 1.63. The van der Waals surface area contributed by atoms with Crippen LogP contribution in [-0.2, 0) is 4.74 Å². The van der Waals surface area contributed by atoms with E-state index in [0.717, 1.165) is 53.4 Å². The molecule has 1 aliphatic heterocycles. The number of aromatic nitrogens is 1. The van der Waals surface area contributed by atoms with E-state index in [0.29, 0.717) is 12.1 Å². The monoisotopic (exact) mass is 312 g/mol. The number of pyridine rings is 1. The quantitative estimate of drug-likeness (QED) is 0.929. The third-order valence-electron chi connectivity index (χ3n) is 4.97. The van der Waals surface area contributed by atoms with Crippen LogP contribution in [0, 0.1) is 12.8 Å². The van der Waals surface area contributed by atoms with Gasteiger partial charge in [-0.05, 0) is 50.7 Å². The van der Waals surface area contributed by atoms with Crippen LogP contribution >= 0.6 is 0 Å². The normalized spacial score (nSPS) is 24.6. The lowest BCUT2D eigenvalue weighted by atomic mass is 9.99. The van der Waals surface area contributed by atoms with E-state index < -0.39 is 0 Å². The molecule has 1 aromatic heterocycles. The molecule has 4 nitrogen and oxygen atoms in total. The first kappa shape index (κ1) is 14.8. The van der Waals surface area contributed by atoms with Crippen molar-refractivity contribution in [3.05, 3.63) is 30.0 Å². The van der Waals surface area contributed by atoms with Gasteiger partial charge in [-0.2, -0.15) is 0 Å².